The second-order valence-corrected chi connectivity index (χ2v) is 6.96. The van der Waals surface area contributed by atoms with Crippen molar-refractivity contribution < 1.29 is 32.3 Å². The van der Waals surface area contributed by atoms with Gasteiger partial charge in [-0.15, -0.1) is 0 Å². The van der Waals surface area contributed by atoms with Crippen LogP contribution in [0.3, 0.4) is 0 Å². The molecular formula is C15H14ClF3N2O5P+. The van der Waals surface area contributed by atoms with Crippen LogP contribution >= 0.6 is 19.6 Å². The van der Waals surface area contributed by atoms with E-state index >= 15 is 0 Å². The minimum atomic E-state index is -4.55. The molecule has 0 fully saturated rings. The van der Waals surface area contributed by atoms with Crippen LogP contribution < -0.4 is 10.0 Å². The Kier molecular flexibility index (Phi) is 6.46. The van der Waals surface area contributed by atoms with E-state index in [1.165, 1.54) is 11.0 Å². The zero-order valence-corrected chi connectivity index (χ0v) is 15.5. The molecule has 0 radical (unpaired) electrons. The summed E-state index contributed by atoms with van der Waals surface area (Å²) in [6, 6.07) is 3.14. The number of benzene rings is 1. The van der Waals surface area contributed by atoms with Crippen molar-refractivity contribution in [2.75, 3.05) is 13.1 Å². The maximum absolute atomic E-state index is 13.0. The van der Waals surface area contributed by atoms with Gasteiger partial charge >= 0.3 is 25.2 Å². The van der Waals surface area contributed by atoms with Crippen molar-refractivity contribution in [3.8, 4) is 5.75 Å². The van der Waals surface area contributed by atoms with Gasteiger partial charge < -0.3 is 9.64 Å². The zero-order chi connectivity index (χ0) is 20.4. The second kappa shape index (κ2) is 8.24. The molecule has 1 atom stereocenters. The summed E-state index contributed by atoms with van der Waals surface area (Å²) in [4.78, 5) is 20.6. The topological polar surface area (TPSA) is 92.9 Å². The average Bonchev–Trinajstić information content (AvgIpc) is 2.56. The lowest BCUT2D eigenvalue weighted by molar-refractivity contribution is -0.383. The van der Waals surface area contributed by atoms with E-state index in [4.69, 9.17) is 16.3 Å². The summed E-state index contributed by atoms with van der Waals surface area (Å²) in [6.07, 6.45) is -3.29. The summed E-state index contributed by atoms with van der Waals surface area (Å²) in [5.74, 6) is -0.134. The standard InChI is InChI=1S/C15H13ClF3N2O5P/c1-2-5-20-8-9(15(17,18)19)6-11(16)14(20)26-10-3-4-12(21(22)23)13(7-10)27(24)25/h3-4,6-7H,2,5,8H2,1H3/p+1. The number of ether oxygens (including phenoxy) is 1. The molecule has 2 rings (SSSR count). The van der Waals surface area contributed by atoms with Gasteiger partial charge in [-0.05, 0) is 23.1 Å². The molecule has 12 heteroatoms. The van der Waals surface area contributed by atoms with Crippen molar-refractivity contribution in [2.45, 2.75) is 19.5 Å². The van der Waals surface area contributed by atoms with E-state index < -0.39 is 42.2 Å². The predicted molar refractivity (Wildman–Crippen MR) is 92.1 cm³/mol. The molecule has 1 N–H and O–H groups in total. The fourth-order valence-corrected chi connectivity index (χ4v) is 3.29. The van der Waals surface area contributed by atoms with Gasteiger partial charge in [0.15, 0.2) is 0 Å². The van der Waals surface area contributed by atoms with Crippen LogP contribution in [-0.2, 0) is 4.57 Å². The van der Waals surface area contributed by atoms with Gasteiger partial charge in [0.25, 0.3) is 0 Å². The molecule has 1 aliphatic rings. The molecule has 1 aromatic carbocycles. The number of hydrogen-bond donors (Lipinski definition) is 1. The first kappa shape index (κ1) is 21.1. The van der Waals surface area contributed by atoms with Crippen molar-refractivity contribution in [2.24, 2.45) is 0 Å². The summed E-state index contributed by atoms with van der Waals surface area (Å²) >= 11 is 5.97. The Hall–Kier alpha value is -2.16. The molecule has 146 valence electrons. The number of nitro benzene ring substituents is 1. The van der Waals surface area contributed by atoms with Crippen LogP contribution in [0.2, 0.25) is 0 Å². The van der Waals surface area contributed by atoms with E-state index in [2.05, 4.69) is 0 Å². The molecule has 1 aliphatic heterocycles. The fourth-order valence-electron chi connectivity index (χ4n) is 2.41. The van der Waals surface area contributed by atoms with Crippen molar-refractivity contribution in [1.82, 2.24) is 4.90 Å². The molecular weight excluding hydrogens is 412 g/mol. The lowest BCUT2D eigenvalue weighted by Crippen LogP contribution is -2.35. The third-order valence-electron chi connectivity index (χ3n) is 3.58. The van der Waals surface area contributed by atoms with Crippen LogP contribution in [0.5, 0.6) is 5.75 Å². The monoisotopic (exact) mass is 425 g/mol. The maximum Gasteiger partial charge on any atom is 0.553 e. The quantitative estimate of drug-likeness (QED) is 0.421. The highest BCUT2D eigenvalue weighted by Gasteiger charge is 2.38. The number of allylic oxidation sites excluding steroid dienone is 2. The Morgan fingerprint density at radius 1 is 1.44 bits per heavy atom. The van der Waals surface area contributed by atoms with E-state index in [9.17, 15) is 32.7 Å². The normalized spacial score (nSPS) is 15.6. The summed E-state index contributed by atoms with van der Waals surface area (Å²) < 4.78 is 55.9. The van der Waals surface area contributed by atoms with E-state index in [1.807, 2.05) is 0 Å². The van der Waals surface area contributed by atoms with Gasteiger partial charge in [0.1, 0.15) is 10.8 Å². The molecule has 0 spiro atoms. The van der Waals surface area contributed by atoms with E-state index in [0.29, 0.717) is 6.42 Å². The minimum Gasteiger partial charge on any atom is -0.439 e. The first-order valence-corrected chi connectivity index (χ1v) is 9.18. The van der Waals surface area contributed by atoms with Crippen molar-refractivity contribution in [1.29, 1.82) is 0 Å². The van der Waals surface area contributed by atoms with Gasteiger partial charge in [0.2, 0.25) is 5.88 Å². The third-order valence-corrected chi connectivity index (χ3v) is 4.62. The van der Waals surface area contributed by atoms with Crippen LogP contribution in [0.4, 0.5) is 18.9 Å². The molecule has 27 heavy (non-hydrogen) atoms. The van der Waals surface area contributed by atoms with Gasteiger partial charge in [-0.1, -0.05) is 18.5 Å². The molecule has 7 nitrogen and oxygen atoms in total. The van der Waals surface area contributed by atoms with Gasteiger partial charge in [0.05, 0.1) is 17.0 Å². The molecule has 0 bridgehead atoms. The van der Waals surface area contributed by atoms with Crippen molar-refractivity contribution in [3.63, 3.8) is 0 Å². The van der Waals surface area contributed by atoms with Crippen LogP contribution in [0.15, 0.2) is 40.8 Å². The lowest BCUT2D eigenvalue weighted by Gasteiger charge is -2.31. The van der Waals surface area contributed by atoms with Crippen LogP contribution in [0.25, 0.3) is 0 Å². The number of alkyl halides is 3. The maximum atomic E-state index is 13.0. The number of rotatable bonds is 6. The molecule has 1 unspecified atom stereocenters. The fraction of sp³-hybridized carbons (Fsp3) is 0.333. The van der Waals surface area contributed by atoms with E-state index in [1.54, 1.807) is 6.92 Å². The predicted octanol–water partition coefficient (Wildman–Crippen LogP) is 3.96. The highest BCUT2D eigenvalue weighted by Crippen LogP contribution is 2.35. The smallest absolute Gasteiger partial charge is 0.439 e. The van der Waals surface area contributed by atoms with E-state index in [0.717, 1.165) is 18.2 Å². The highest BCUT2D eigenvalue weighted by atomic mass is 35.5. The highest BCUT2D eigenvalue weighted by molar-refractivity contribution is 7.47. The number of nitro groups is 1. The van der Waals surface area contributed by atoms with Crippen LogP contribution in [0.1, 0.15) is 13.3 Å². The molecule has 0 saturated carbocycles. The molecule has 0 aromatic heterocycles. The number of hydrogen-bond acceptors (Lipinski definition) is 5. The first-order chi connectivity index (χ1) is 12.5. The first-order valence-electron chi connectivity index (χ1n) is 7.59. The Balaban J connectivity index is 2.44. The zero-order valence-electron chi connectivity index (χ0n) is 13.9. The van der Waals surface area contributed by atoms with Gasteiger partial charge in [-0.2, -0.15) is 18.1 Å². The molecule has 0 aliphatic carbocycles. The van der Waals surface area contributed by atoms with Gasteiger partial charge in [-0.25, -0.2) is 0 Å². The summed E-state index contributed by atoms with van der Waals surface area (Å²) in [7, 11) is -3.03. The van der Waals surface area contributed by atoms with Crippen LogP contribution in [0, 0.1) is 10.1 Å². The summed E-state index contributed by atoms with van der Waals surface area (Å²) in [6.45, 7) is 1.50. The summed E-state index contributed by atoms with van der Waals surface area (Å²) in [5, 5.41) is 10.2. The van der Waals surface area contributed by atoms with Crippen LogP contribution in [-0.4, -0.2) is 34.0 Å². The number of nitrogens with zero attached hydrogens (tertiary/aromatic N) is 2. The van der Waals surface area contributed by atoms with Crippen molar-refractivity contribution >= 4 is 30.6 Å². The lowest BCUT2D eigenvalue weighted by atomic mass is 10.1. The number of halogens is 4. The third kappa shape index (κ3) is 4.97. The van der Waals surface area contributed by atoms with Gasteiger partial charge in [-0.3, -0.25) is 10.1 Å². The Morgan fingerprint density at radius 3 is 2.63 bits per heavy atom. The second-order valence-electron chi connectivity index (χ2n) is 5.52. The SMILES string of the molecule is CCCN1CC(C(F)(F)F)=CC(Cl)=C1Oc1ccc([N+](=O)[O-])c([P+](=O)O)c1. The Labute approximate surface area is 157 Å². The minimum absolute atomic E-state index is 0.0638. The Morgan fingerprint density at radius 2 is 2.11 bits per heavy atom. The molecule has 0 saturated heterocycles. The summed E-state index contributed by atoms with van der Waals surface area (Å²) in [5.41, 5.74) is -1.41. The largest absolute Gasteiger partial charge is 0.553 e. The Bertz CT molecular complexity index is 841. The van der Waals surface area contributed by atoms with Crippen molar-refractivity contribution in [3.05, 3.63) is 50.9 Å². The molecule has 1 aromatic rings. The van der Waals surface area contributed by atoms with E-state index in [-0.39, 0.29) is 23.2 Å². The van der Waals surface area contributed by atoms with Gasteiger partial charge in [0, 0.05) is 18.7 Å². The average molecular weight is 426 g/mol. The molecule has 0 amide bonds. The molecule has 1 heterocycles.